The molecule has 1 saturated heterocycles. The van der Waals surface area contributed by atoms with Crippen molar-refractivity contribution >= 4 is 17.7 Å². The Balaban J connectivity index is 1.75. The third-order valence-corrected chi connectivity index (χ3v) is 4.80. The molecular weight excluding hydrogens is 303 g/mol. The summed E-state index contributed by atoms with van der Waals surface area (Å²) in [5, 5.41) is 16.4. The van der Waals surface area contributed by atoms with Crippen LogP contribution in [0.3, 0.4) is 0 Å². The molecule has 22 heavy (non-hydrogen) atoms. The molecule has 3 atom stereocenters. The Morgan fingerprint density at radius 2 is 2.23 bits per heavy atom. The number of aliphatic hydroxyl groups is 1. The number of halogens is 1. The number of nitrogens with one attached hydrogen (secondary N) is 2. The number of aliphatic hydroxyl groups excluding tert-OH is 1. The van der Waals surface area contributed by atoms with Gasteiger partial charge < -0.3 is 15.7 Å². The van der Waals surface area contributed by atoms with Gasteiger partial charge in [-0.25, -0.2) is 4.39 Å². The summed E-state index contributed by atoms with van der Waals surface area (Å²) in [7, 11) is 0. The van der Waals surface area contributed by atoms with E-state index in [1.807, 2.05) is 18.7 Å². The highest BCUT2D eigenvalue weighted by Crippen LogP contribution is 2.18. The zero-order valence-electron chi connectivity index (χ0n) is 12.7. The van der Waals surface area contributed by atoms with E-state index in [2.05, 4.69) is 10.6 Å². The van der Waals surface area contributed by atoms with Crippen molar-refractivity contribution in [3.05, 3.63) is 35.6 Å². The molecule has 0 saturated carbocycles. The predicted octanol–water partition coefficient (Wildman–Crippen LogP) is 1.85. The molecule has 3 unspecified atom stereocenters. The maximum Gasteiger partial charge on any atom is 0.221 e. The lowest BCUT2D eigenvalue weighted by atomic mass is 10.0. The third kappa shape index (κ3) is 5.59. The number of rotatable bonds is 6. The molecule has 1 aromatic rings. The van der Waals surface area contributed by atoms with Gasteiger partial charge in [0.25, 0.3) is 0 Å². The average Bonchev–Trinajstić information content (AvgIpc) is 2.48. The highest BCUT2D eigenvalue weighted by molar-refractivity contribution is 7.99. The Bertz CT molecular complexity index is 478. The number of hydrogen-bond acceptors (Lipinski definition) is 4. The average molecular weight is 326 g/mol. The quantitative estimate of drug-likeness (QED) is 0.747. The number of amides is 1. The van der Waals surface area contributed by atoms with Crippen molar-refractivity contribution < 1.29 is 14.3 Å². The van der Waals surface area contributed by atoms with Crippen molar-refractivity contribution in [3.8, 4) is 0 Å². The molecular formula is C16H23FN2O2S. The van der Waals surface area contributed by atoms with Crippen LogP contribution in [0.4, 0.5) is 4.39 Å². The van der Waals surface area contributed by atoms with Gasteiger partial charge in [0.05, 0.1) is 6.10 Å². The maximum absolute atomic E-state index is 12.9. The molecule has 4 nitrogen and oxygen atoms in total. The molecule has 1 aromatic carbocycles. The minimum Gasteiger partial charge on any atom is -0.388 e. The van der Waals surface area contributed by atoms with Gasteiger partial charge in [-0.2, -0.15) is 11.8 Å². The van der Waals surface area contributed by atoms with Crippen LogP contribution in [0.1, 0.15) is 31.4 Å². The summed E-state index contributed by atoms with van der Waals surface area (Å²) in [5.74, 6) is 1.73. The van der Waals surface area contributed by atoms with Gasteiger partial charge in [-0.3, -0.25) is 4.79 Å². The molecule has 2 rings (SSSR count). The van der Waals surface area contributed by atoms with Gasteiger partial charge in [0.15, 0.2) is 0 Å². The van der Waals surface area contributed by atoms with Crippen molar-refractivity contribution in [2.24, 2.45) is 0 Å². The second-order valence-electron chi connectivity index (χ2n) is 5.70. The van der Waals surface area contributed by atoms with Gasteiger partial charge in [0.2, 0.25) is 5.91 Å². The SMILES string of the molecule is CC(CC(O)c1ccc(F)cc1)NC(=O)CC1CSCCN1. The number of thioether (sulfide) groups is 1. The van der Waals surface area contributed by atoms with E-state index in [-0.39, 0.29) is 23.8 Å². The second kappa shape index (κ2) is 8.50. The Morgan fingerprint density at radius 1 is 1.50 bits per heavy atom. The van der Waals surface area contributed by atoms with Gasteiger partial charge in [-0.15, -0.1) is 0 Å². The summed E-state index contributed by atoms with van der Waals surface area (Å²) in [6.07, 6.45) is 0.160. The first-order valence-corrected chi connectivity index (χ1v) is 8.74. The Morgan fingerprint density at radius 3 is 2.86 bits per heavy atom. The number of carbonyl (C=O) groups is 1. The van der Waals surface area contributed by atoms with Crippen LogP contribution in [0.25, 0.3) is 0 Å². The molecule has 1 amide bonds. The molecule has 0 bridgehead atoms. The van der Waals surface area contributed by atoms with Crippen LogP contribution in [0.15, 0.2) is 24.3 Å². The van der Waals surface area contributed by atoms with Crippen molar-refractivity contribution in [1.82, 2.24) is 10.6 Å². The van der Waals surface area contributed by atoms with E-state index in [4.69, 9.17) is 0 Å². The summed E-state index contributed by atoms with van der Waals surface area (Å²) < 4.78 is 12.9. The Labute approximate surface area is 134 Å². The summed E-state index contributed by atoms with van der Waals surface area (Å²) in [4.78, 5) is 12.0. The topological polar surface area (TPSA) is 61.4 Å². The van der Waals surface area contributed by atoms with Gasteiger partial charge >= 0.3 is 0 Å². The monoisotopic (exact) mass is 326 g/mol. The van der Waals surface area contributed by atoms with Crippen LogP contribution in [0.5, 0.6) is 0 Å². The first-order valence-electron chi connectivity index (χ1n) is 7.58. The first kappa shape index (κ1) is 17.2. The first-order chi connectivity index (χ1) is 10.5. The summed E-state index contributed by atoms with van der Waals surface area (Å²) in [6, 6.07) is 5.88. The van der Waals surface area contributed by atoms with Crippen LogP contribution >= 0.6 is 11.8 Å². The van der Waals surface area contributed by atoms with Gasteiger partial charge in [0, 0.05) is 36.6 Å². The molecule has 1 aliphatic heterocycles. The van der Waals surface area contributed by atoms with Gasteiger partial charge in [-0.1, -0.05) is 12.1 Å². The molecule has 0 aromatic heterocycles. The van der Waals surface area contributed by atoms with E-state index in [1.54, 1.807) is 12.1 Å². The van der Waals surface area contributed by atoms with E-state index < -0.39 is 6.10 Å². The Hall–Kier alpha value is -1.11. The van der Waals surface area contributed by atoms with Crippen LogP contribution < -0.4 is 10.6 Å². The van der Waals surface area contributed by atoms with Crippen LogP contribution in [0, 0.1) is 5.82 Å². The lowest BCUT2D eigenvalue weighted by Crippen LogP contribution is -2.43. The molecule has 3 N–H and O–H groups in total. The number of carbonyl (C=O) groups excluding carboxylic acids is 1. The molecule has 0 aliphatic carbocycles. The van der Waals surface area contributed by atoms with Crippen LogP contribution in [-0.4, -0.2) is 41.1 Å². The number of hydrogen-bond donors (Lipinski definition) is 3. The molecule has 122 valence electrons. The van der Waals surface area contributed by atoms with E-state index >= 15 is 0 Å². The highest BCUT2D eigenvalue weighted by atomic mass is 32.2. The van der Waals surface area contributed by atoms with E-state index in [1.165, 1.54) is 12.1 Å². The van der Waals surface area contributed by atoms with Gasteiger partial charge in [-0.05, 0) is 31.0 Å². The zero-order chi connectivity index (χ0) is 15.9. The summed E-state index contributed by atoms with van der Waals surface area (Å²) in [6.45, 7) is 2.81. The third-order valence-electron chi connectivity index (χ3n) is 3.67. The highest BCUT2D eigenvalue weighted by Gasteiger charge is 2.19. The minimum absolute atomic E-state index is 0.00111. The van der Waals surface area contributed by atoms with E-state index in [0.29, 0.717) is 18.4 Å². The normalized spacial score (nSPS) is 21.1. The minimum atomic E-state index is -0.709. The largest absolute Gasteiger partial charge is 0.388 e. The lowest BCUT2D eigenvalue weighted by Gasteiger charge is -2.24. The number of benzene rings is 1. The maximum atomic E-state index is 12.9. The smallest absolute Gasteiger partial charge is 0.221 e. The predicted molar refractivity (Wildman–Crippen MR) is 87.3 cm³/mol. The molecule has 6 heteroatoms. The fraction of sp³-hybridized carbons (Fsp3) is 0.562. The van der Waals surface area contributed by atoms with Crippen LogP contribution in [0.2, 0.25) is 0 Å². The van der Waals surface area contributed by atoms with E-state index in [0.717, 1.165) is 18.1 Å². The Kier molecular flexibility index (Phi) is 6.67. The standard InChI is InChI=1S/C16H23FN2O2S/c1-11(8-15(20)12-2-4-13(17)5-3-12)19-16(21)9-14-10-22-7-6-18-14/h2-5,11,14-15,18,20H,6-10H2,1H3,(H,19,21). The molecule has 1 heterocycles. The van der Waals surface area contributed by atoms with Gasteiger partial charge in [0.1, 0.15) is 5.82 Å². The van der Waals surface area contributed by atoms with Crippen molar-refractivity contribution in [2.75, 3.05) is 18.1 Å². The summed E-state index contributed by atoms with van der Waals surface area (Å²) >= 11 is 1.86. The second-order valence-corrected chi connectivity index (χ2v) is 6.85. The molecule has 1 aliphatic rings. The lowest BCUT2D eigenvalue weighted by molar-refractivity contribution is -0.122. The molecule has 0 spiro atoms. The van der Waals surface area contributed by atoms with Crippen molar-refractivity contribution in [1.29, 1.82) is 0 Å². The molecule has 1 fully saturated rings. The van der Waals surface area contributed by atoms with E-state index in [9.17, 15) is 14.3 Å². The van der Waals surface area contributed by atoms with Crippen molar-refractivity contribution in [3.63, 3.8) is 0 Å². The molecule has 0 radical (unpaired) electrons. The van der Waals surface area contributed by atoms with Crippen molar-refractivity contribution in [2.45, 2.75) is 38.0 Å². The van der Waals surface area contributed by atoms with Crippen LogP contribution in [-0.2, 0) is 4.79 Å². The fourth-order valence-corrected chi connectivity index (χ4v) is 3.47. The fourth-order valence-electron chi connectivity index (χ4n) is 2.52. The zero-order valence-corrected chi connectivity index (χ0v) is 13.5. The summed E-state index contributed by atoms with van der Waals surface area (Å²) in [5.41, 5.74) is 0.660.